The van der Waals surface area contributed by atoms with Gasteiger partial charge in [-0.3, -0.25) is 14.6 Å². The van der Waals surface area contributed by atoms with Gasteiger partial charge in [-0.25, -0.2) is 0 Å². The Morgan fingerprint density at radius 3 is 2.56 bits per heavy atom. The highest BCUT2D eigenvalue weighted by molar-refractivity contribution is 5.89. The Hall–Kier alpha value is -2.63. The van der Waals surface area contributed by atoms with E-state index in [0.29, 0.717) is 0 Å². The molecule has 3 aromatic rings. The second kappa shape index (κ2) is 7.55. The van der Waals surface area contributed by atoms with Gasteiger partial charge in [0.2, 0.25) is 0 Å². The van der Waals surface area contributed by atoms with Crippen LogP contribution in [0.3, 0.4) is 0 Å². The molecule has 2 aromatic carbocycles. The average molecular weight is 363 g/mol. The van der Waals surface area contributed by atoms with Crippen LogP contribution in [-0.2, 0) is 11.3 Å². The van der Waals surface area contributed by atoms with E-state index in [1.807, 2.05) is 31.3 Å². The molecule has 140 valence electrons. The standard InChI is InChI=1S/C22H25N3O2/c1-16-7-8-20-18(13-16)19(14-23-20)21(22(26)27)25-11-9-24(10-12-25)15-17-5-3-2-4-6-17/h2-8,13-14,21,23H,9-12,15H2,1H3,(H,26,27). The Morgan fingerprint density at radius 2 is 1.85 bits per heavy atom. The van der Waals surface area contributed by atoms with E-state index in [0.717, 1.165) is 54.8 Å². The topological polar surface area (TPSA) is 59.6 Å². The zero-order valence-electron chi connectivity index (χ0n) is 15.6. The number of carboxylic acid groups (broad SMARTS) is 1. The van der Waals surface area contributed by atoms with Gasteiger partial charge in [-0.2, -0.15) is 0 Å². The first-order chi connectivity index (χ1) is 13.1. The lowest BCUT2D eigenvalue weighted by atomic mass is 10.0. The third-order valence-corrected chi connectivity index (χ3v) is 5.42. The van der Waals surface area contributed by atoms with Gasteiger partial charge in [0.1, 0.15) is 6.04 Å². The Morgan fingerprint density at radius 1 is 1.11 bits per heavy atom. The number of carbonyl (C=O) groups is 1. The summed E-state index contributed by atoms with van der Waals surface area (Å²) < 4.78 is 0. The zero-order chi connectivity index (χ0) is 18.8. The SMILES string of the molecule is Cc1ccc2[nH]cc(C(C(=O)O)N3CCN(Cc4ccccc4)CC3)c2c1. The van der Waals surface area contributed by atoms with Crippen LogP contribution in [0.5, 0.6) is 0 Å². The molecule has 0 saturated carbocycles. The van der Waals surface area contributed by atoms with E-state index in [1.165, 1.54) is 5.56 Å². The molecule has 1 aliphatic rings. The van der Waals surface area contributed by atoms with Gasteiger partial charge in [-0.1, -0.05) is 42.0 Å². The third-order valence-electron chi connectivity index (χ3n) is 5.42. The Labute approximate surface area is 159 Å². The average Bonchev–Trinajstić information content (AvgIpc) is 3.07. The van der Waals surface area contributed by atoms with Crippen LogP contribution in [-0.4, -0.2) is 52.0 Å². The largest absolute Gasteiger partial charge is 0.480 e. The molecule has 1 saturated heterocycles. The second-order valence-electron chi connectivity index (χ2n) is 7.33. The monoisotopic (exact) mass is 363 g/mol. The summed E-state index contributed by atoms with van der Waals surface area (Å²) >= 11 is 0. The molecule has 1 unspecified atom stereocenters. The van der Waals surface area contributed by atoms with E-state index in [4.69, 9.17) is 0 Å². The highest BCUT2D eigenvalue weighted by Gasteiger charge is 2.32. The highest BCUT2D eigenvalue weighted by atomic mass is 16.4. The van der Waals surface area contributed by atoms with Crippen molar-refractivity contribution >= 4 is 16.9 Å². The number of nitrogens with one attached hydrogen (secondary N) is 1. The van der Waals surface area contributed by atoms with Crippen LogP contribution in [0.2, 0.25) is 0 Å². The molecule has 4 rings (SSSR count). The van der Waals surface area contributed by atoms with Crippen molar-refractivity contribution in [1.82, 2.24) is 14.8 Å². The maximum absolute atomic E-state index is 12.1. The van der Waals surface area contributed by atoms with Crippen molar-refractivity contribution in [3.8, 4) is 0 Å². The van der Waals surface area contributed by atoms with E-state index >= 15 is 0 Å². The summed E-state index contributed by atoms with van der Waals surface area (Å²) in [4.78, 5) is 19.8. The summed E-state index contributed by atoms with van der Waals surface area (Å²) in [6.07, 6.45) is 1.86. The predicted molar refractivity (Wildman–Crippen MR) is 107 cm³/mol. The number of H-pyrrole nitrogens is 1. The molecular weight excluding hydrogens is 338 g/mol. The van der Waals surface area contributed by atoms with E-state index in [1.54, 1.807) is 0 Å². The van der Waals surface area contributed by atoms with E-state index in [2.05, 4.69) is 45.1 Å². The van der Waals surface area contributed by atoms with Crippen molar-refractivity contribution in [2.75, 3.05) is 26.2 Å². The molecule has 0 aliphatic carbocycles. The summed E-state index contributed by atoms with van der Waals surface area (Å²) in [5.41, 5.74) is 4.29. The molecular formula is C22H25N3O2. The number of rotatable bonds is 5. The van der Waals surface area contributed by atoms with Crippen LogP contribution < -0.4 is 0 Å². The minimum Gasteiger partial charge on any atom is -0.480 e. The Balaban J connectivity index is 1.50. The van der Waals surface area contributed by atoms with Gasteiger partial charge in [0.05, 0.1) is 0 Å². The summed E-state index contributed by atoms with van der Waals surface area (Å²) in [6.45, 7) is 6.21. The molecule has 0 bridgehead atoms. The van der Waals surface area contributed by atoms with Gasteiger partial charge in [-0.05, 0) is 24.6 Å². The minimum absolute atomic E-state index is 0.612. The second-order valence-corrected chi connectivity index (χ2v) is 7.33. The number of aromatic amines is 1. The van der Waals surface area contributed by atoms with Gasteiger partial charge in [-0.15, -0.1) is 0 Å². The fourth-order valence-corrected chi connectivity index (χ4v) is 3.99. The van der Waals surface area contributed by atoms with Crippen LogP contribution in [0.4, 0.5) is 0 Å². The number of benzene rings is 2. The molecule has 1 aromatic heterocycles. The van der Waals surface area contributed by atoms with E-state index in [9.17, 15) is 9.90 Å². The maximum Gasteiger partial charge on any atom is 0.325 e. The first kappa shape index (κ1) is 17.8. The lowest BCUT2D eigenvalue weighted by Gasteiger charge is -2.37. The first-order valence-electron chi connectivity index (χ1n) is 9.42. The molecule has 5 heteroatoms. The Bertz CT molecular complexity index is 927. The van der Waals surface area contributed by atoms with Crippen LogP contribution in [0, 0.1) is 6.92 Å². The fraction of sp³-hybridized carbons (Fsp3) is 0.318. The Kier molecular flexibility index (Phi) is 4.97. The van der Waals surface area contributed by atoms with Crippen molar-refractivity contribution in [3.63, 3.8) is 0 Å². The molecule has 2 N–H and O–H groups in total. The smallest absolute Gasteiger partial charge is 0.325 e. The molecule has 1 aliphatic heterocycles. The normalized spacial score (nSPS) is 17.2. The number of aryl methyl sites for hydroxylation is 1. The molecule has 2 heterocycles. The predicted octanol–water partition coefficient (Wildman–Crippen LogP) is 3.42. The third kappa shape index (κ3) is 3.75. The lowest BCUT2D eigenvalue weighted by Crippen LogP contribution is -2.48. The molecule has 1 atom stereocenters. The van der Waals surface area contributed by atoms with Gasteiger partial charge >= 0.3 is 5.97 Å². The summed E-state index contributed by atoms with van der Waals surface area (Å²) in [7, 11) is 0. The summed E-state index contributed by atoms with van der Waals surface area (Å²) in [6, 6.07) is 16.0. The van der Waals surface area contributed by atoms with Crippen LogP contribution >= 0.6 is 0 Å². The highest BCUT2D eigenvalue weighted by Crippen LogP contribution is 2.30. The quantitative estimate of drug-likeness (QED) is 0.729. The van der Waals surface area contributed by atoms with Crippen LogP contribution in [0.1, 0.15) is 22.7 Å². The molecule has 0 radical (unpaired) electrons. The number of hydrogen-bond donors (Lipinski definition) is 2. The first-order valence-corrected chi connectivity index (χ1v) is 9.42. The van der Waals surface area contributed by atoms with Gasteiger partial charge in [0, 0.05) is 55.4 Å². The minimum atomic E-state index is -0.783. The van der Waals surface area contributed by atoms with E-state index in [-0.39, 0.29) is 0 Å². The number of nitrogens with zero attached hydrogens (tertiary/aromatic N) is 2. The number of aromatic nitrogens is 1. The number of piperazine rings is 1. The molecule has 0 amide bonds. The number of fused-ring (bicyclic) bond motifs is 1. The summed E-state index contributed by atoms with van der Waals surface area (Å²) in [5, 5.41) is 11.0. The van der Waals surface area contributed by atoms with Crippen molar-refractivity contribution in [3.05, 3.63) is 71.4 Å². The number of aliphatic carboxylic acids is 1. The zero-order valence-corrected chi connectivity index (χ0v) is 15.6. The van der Waals surface area contributed by atoms with Gasteiger partial charge in [0.25, 0.3) is 0 Å². The fourth-order valence-electron chi connectivity index (χ4n) is 3.99. The van der Waals surface area contributed by atoms with Crippen molar-refractivity contribution < 1.29 is 9.90 Å². The maximum atomic E-state index is 12.1. The summed E-state index contributed by atoms with van der Waals surface area (Å²) in [5.74, 6) is -0.783. The van der Waals surface area contributed by atoms with Crippen molar-refractivity contribution in [1.29, 1.82) is 0 Å². The number of carboxylic acids is 1. The number of hydrogen-bond acceptors (Lipinski definition) is 3. The van der Waals surface area contributed by atoms with Crippen molar-refractivity contribution in [2.24, 2.45) is 0 Å². The molecule has 27 heavy (non-hydrogen) atoms. The molecule has 5 nitrogen and oxygen atoms in total. The van der Waals surface area contributed by atoms with Crippen LogP contribution in [0.25, 0.3) is 10.9 Å². The van der Waals surface area contributed by atoms with E-state index < -0.39 is 12.0 Å². The van der Waals surface area contributed by atoms with Gasteiger partial charge < -0.3 is 10.1 Å². The molecule has 0 spiro atoms. The lowest BCUT2D eigenvalue weighted by molar-refractivity contribution is -0.144. The van der Waals surface area contributed by atoms with Crippen molar-refractivity contribution in [2.45, 2.75) is 19.5 Å². The molecule has 1 fully saturated rings. The van der Waals surface area contributed by atoms with Crippen LogP contribution in [0.15, 0.2) is 54.7 Å². The van der Waals surface area contributed by atoms with Gasteiger partial charge in [0.15, 0.2) is 0 Å².